The quantitative estimate of drug-likeness (QED) is 0.799. The molecular weight excluding hydrogens is 220 g/mol. The minimum Gasteiger partial charge on any atom is -0.340 e. The molecule has 1 aromatic rings. The maximum atomic E-state index is 11.9. The Morgan fingerprint density at radius 2 is 2.47 bits per heavy atom. The maximum Gasteiger partial charge on any atom is 0.242 e. The minimum absolute atomic E-state index is 0.0403. The van der Waals surface area contributed by atoms with Crippen LogP contribution in [0.5, 0.6) is 0 Å². The van der Waals surface area contributed by atoms with Crippen molar-refractivity contribution in [1.29, 1.82) is 0 Å². The normalized spacial score (nSPS) is 15.4. The summed E-state index contributed by atoms with van der Waals surface area (Å²) in [5.41, 5.74) is 0.952. The van der Waals surface area contributed by atoms with Gasteiger partial charge in [-0.15, -0.1) is 0 Å². The van der Waals surface area contributed by atoms with Crippen molar-refractivity contribution in [2.45, 2.75) is 19.4 Å². The van der Waals surface area contributed by atoms with Gasteiger partial charge in [-0.05, 0) is 6.42 Å². The lowest BCUT2D eigenvalue weighted by Crippen LogP contribution is -2.38. The topological polar surface area (TPSA) is 69.3 Å². The summed E-state index contributed by atoms with van der Waals surface area (Å²) in [6.07, 6.45) is 4.87. The number of nitrogens with one attached hydrogen (secondary N) is 1. The SMILES string of the molecule is CN(Cc1cn[nH]c1)C(=O)CN1CCCC1=O. The van der Waals surface area contributed by atoms with E-state index in [1.807, 2.05) is 0 Å². The Kier molecular flexibility index (Phi) is 3.41. The molecule has 17 heavy (non-hydrogen) atoms. The molecule has 0 saturated carbocycles. The number of hydrogen-bond donors (Lipinski definition) is 1. The van der Waals surface area contributed by atoms with E-state index in [9.17, 15) is 9.59 Å². The third-order valence-electron chi connectivity index (χ3n) is 2.90. The molecule has 2 rings (SSSR count). The van der Waals surface area contributed by atoms with Crippen LogP contribution in [0, 0.1) is 0 Å². The Morgan fingerprint density at radius 3 is 3.06 bits per heavy atom. The van der Waals surface area contributed by atoms with Crippen LogP contribution in [0.25, 0.3) is 0 Å². The van der Waals surface area contributed by atoms with Crippen LogP contribution in [0.15, 0.2) is 12.4 Å². The van der Waals surface area contributed by atoms with Crippen molar-refractivity contribution in [3.8, 4) is 0 Å². The smallest absolute Gasteiger partial charge is 0.242 e. The number of aromatic nitrogens is 2. The van der Waals surface area contributed by atoms with E-state index >= 15 is 0 Å². The first-order chi connectivity index (χ1) is 8.16. The molecule has 0 spiro atoms. The number of likely N-dealkylation sites (N-methyl/N-ethyl adjacent to an activating group) is 1. The van der Waals surface area contributed by atoms with Gasteiger partial charge in [0.25, 0.3) is 0 Å². The van der Waals surface area contributed by atoms with Gasteiger partial charge in [0.15, 0.2) is 0 Å². The van der Waals surface area contributed by atoms with Crippen molar-refractivity contribution in [2.75, 3.05) is 20.1 Å². The second kappa shape index (κ2) is 4.99. The zero-order valence-electron chi connectivity index (χ0n) is 9.85. The van der Waals surface area contributed by atoms with Crippen molar-refractivity contribution in [1.82, 2.24) is 20.0 Å². The lowest BCUT2D eigenvalue weighted by atomic mass is 10.3. The van der Waals surface area contributed by atoms with Gasteiger partial charge in [-0.3, -0.25) is 14.7 Å². The van der Waals surface area contributed by atoms with E-state index in [1.165, 1.54) is 0 Å². The molecule has 92 valence electrons. The summed E-state index contributed by atoms with van der Waals surface area (Å²) < 4.78 is 0. The largest absolute Gasteiger partial charge is 0.340 e. The predicted molar refractivity (Wildman–Crippen MR) is 60.9 cm³/mol. The van der Waals surface area contributed by atoms with Crippen molar-refractivity contribution < 1.29 is 9.59 Å². The van der Waals surface area contributed by atoms with E-state index in [0.717, 1.165) is 12.0 Å². The van der Waals surface area contributed by atoms with E-state index in [4.69, 9.17) is 0 Å². The summed E-state index contributed by atoms with van der Waals surface area (Å²) in [6, 6.07) is 0. The van der Waals surface area contributed by atoms with Gasteiger partial charge in [-0.1, -0.05) is 0 Å². The molecule has 6 nitrogen and oxygen atoms in total. The number of H-pyrrole nitrogens is 1. The number of carbonyl (C=O) groups is 2. The number of hydrogen-bond acceptors (Lipinski definition) is 3. The van der Waals surface area contributed by atoms with Crippen molar-refractivity contribution in [3.63, 3.8) is 0 Å². The van der Waals surface area contributed by atoms with Gasteiger partial charge in [-0.2, -0.15) is 5.10 Å². The standard InChI is InChI=1S/C11H16N4O2/c1-14(7-9-5-12-13-6-9)11(17)8-15-4-2-3-10(15)16/h5-6H,2-4,7-8H2,1H3,(H,12,13). The van der Waals surface area contributed by atoms with Gasteiger partial charge in [0.2, 0.25) is 11.8 Å². The van der Waals surface area contributed by atoms with Crippen LogP contribution in [0.4, 0.5) is 0 Å². The van der Waals surface area contributed by atoms with Crippen molar-refractivity contribution in [2.24, 2.45) is 0 Å². The summed E-state index contributed by atoms with van der Waals surface area (Å²) in [5.74, 6) is 0.0384. The fraction of sp³-hybridized carbons (Fsp3) is 0.545. The third kappa shape index (κ3) is 2.83. The first-order valence-corrected chi connectivity index (χ1v) is 5.66. The van der Waals surface area contributed by atoms with Gasteiger partial charge in [0, 0.05) is 38.3 Å². The Bertz CT molecular complexity index is 402. The molecule has 1 aromatic heterocycles. The molecule has 0 aromatic carbocycles. The van der Waals surface area contributed by atoms with Crippen LogP contribution in [0.1, 0.15) is 18.4 Å². The molecule has 0 atom stereocenters. The van der Waals surface area contributed by atoms with E-state index in [0.29, 0.717) is 19.5 Å². The number of carbonyl (C=O) groups excluding carboxylic acids is 2. The van der Waals surface area contributed by atoms with Gasteiger partial charge in [0.1, 0.15) is 0 Å². The maximum absolute atomic E-state index is 11.9. The van der Waals surface area contributed by atoms with Crippen LogP contribution in [0.3, 0.4) is 0 Å². The first kappa shape index (κ1) is 11.6. The second-order valence-corrected chi connectivity index (χ2v) is 4.28. The highest BCUT2D eigenvalue weighted by Crippen LogP contribution is 2.10. The van der Waals surface area contributed by atoms with Gasteiger partial charge >= 0.3 is 0 Å². The third-order valence-corrected chi connectivity index (χ3v) is 2.90. The number of nitrogens with zero attached hydrogens (tertiary/aromatic N) is 3. The molecule has 0 bridgehead atoms. The zero-order valence-corrected chi connectivity index (χ0v) is 9.85. The van der Waals surface area contributed by atoms with E-state index in [1.54, 1.807) is 29.2 Å². The van der Waals surface area contributed by atoms with Gasteiger partial charge < -0.3 is 9.80 Å². The molecule has 2 heterocycles. The summed E-state index contributed by atoms with van der Waals surface area (Å²) >= 11 is 0. The molecule has 0 aliphatic carbocycles. The lowest BCUT2D eigenvalue weighted by Gasteiger charge is -2.21. The number of rotatable bonds is 4. The summed E-state index contributed by atoms with van der Waals surface area (Å²) in [7, 11) is 1.73. The van der Waals surface area contributed by atoms with Crippen molar-refractivity contribution >= 4 is 11.8 Å². The minimum atomic E-state index is -0.0403. The zero-order chi connectivity index (χ0) is 12.3. The van der Waals surface area contributed by atoms with Gasteiger partial charge in [-0.25, -0.2) is 0 Å². The molecule has 2 amide bonds. The molecule has 1 fully saturated rings. The van der Waals surface area contributed by atoms with E-state index in [-0.39, 0.29) is 18.4 Å². The molecule has 1 aliphatic rings. The summed E-state index contributed by atoms with van der Waals surface area (Å²) in [6.45, 7) is 1.40. The number of amides is 2. The number of likely N-dealkylation sites (tertiary alicyclic amines) is 1. The average Bonchev–Trinajstić information content (AvgIpc) is 2.91. The monoisotopic (exact) mass is 236 g/mol. The van der Waals surface area contributed by atoms with E-state index < -0.39 is 0 Å². The van der Waals surface area contributed by atoms with Crippen LogP contribution < -0.4 is 0 Å². The highest BCUT2D eigenvalue weighted by atomic mass is 16.2. The average molecular weight is 236 g/mol. The lowest BCUT2D eigenvalue weighted by molar-refractivity contribution is -0.137. The number of aromatic amines is 1. The molecule has 6 heteroatoms. The molecule has 1 aliphatic heterocycles. The molecule has 0 unspecified atom stereocenters. The van der Waals surface area contributed by atoms with Gasteiger partial charge in [0.05, 0.1) is 12.7 Å². The van der Waals surface area contributed by atoms with Crippen LogP contribution in [-0.4, -0.2) is 51.9 Å². The molecular formula is C11H16N4O2. The van der Waals surface area contributed by atoms with Crippen LogP contribution in [0.2, 0.25) is 0 Å². The summed E-state index contributed by atoms with van der Waals surface area (Å²) in [4.78, 5) is 26.5. The van der Waals surface area contributed by atoms with Crippen molar-refractivity contribution in [3.05, 3.63) is 18.0 Å². The molecule has 1 saturated heterocycles. The fourth-order valence-electron chi connectivity index (χ4n) is 1.88. The van der Waals surface area contributed by atoms with E-state index in [2.05, 4.69) is 10.2 Å². The predicted octanol–water partition coefficient (Wildman–Crippen LogP) is -0.00950. The Balaban J connectivity index is 1.85. The molecule has 1 N–H and O–H groups in total. The fourth-order valence-corrected chi connectivity index (χ4v) is 1.88. The first-order valence-electron chi connectivity index (χ1n) is 5.66. The molecule has 0 radical (unpaired) electrons. The highest BCUT2D eigenvalue weighted by molar-refractivity contribution is 5.85. The summed E-state index contributed by atoms with van der Waals surface area (Å²) in [5, 5.41) is 6.52. The Labute approximate surface area is 99.6 Å². The highest BCUT2D eigenvalue weighted by Gasteiger charge is 2.23. The second-order valence-electron chi connectivity index (χ2n) is 4.28. The Morgan fingerprint density at radius 1 is 1.65 bits per heavy atom. The Hall–Kier alpha value is -1.85. The van der Waals surface area contributed by atoms with Crippen LogP contribution in [-0.2, 0) is 16.1 Å². The van der Waals surface area contributed by atoms with Crippen LogP contribution >= 0.6 is 0 Å².